The van der Waals surface area contributed by atoms with E-state index < -0.39 is 73.3 Å². The molecule has 1 amide bonds. The minimum atomic E-state index is -1.47. The number of nitrogens with one attached hydrogen (secondary N) is 1. The van der Waals surface area contributed by atoms with Crippen LogP contribution in [0.4, 0.5) is 0 Å². The number of esters is 4. The first-order valence-electron chi connectivity index (χ1n) is 15.3. The van der Waals surface area contributed by atoms with Crippen LogP contribution in [0.2, 0.25) is 0 Å². The van der Waals surface area contributed by atoms with E-state index in [0.717, 1.165) is 5.56 Å². The molecule has 0 radical (unpaired) electrons. The van der Waals surface area contributed by atoms with Gasteiger partial charge in [-0.15, -0.1) is 0 Å². The Morgan fingerprint density at radius 1 is 1.06 bits per heavy atom. The van der Waals surface area contributed by atoms with Crippen LogP contribution in [-0.2, 0) is 49.3 Å². The highest BCUT2D eigenvalue weighted by Gasteiger charge is 2.42. The van der Waals surface area contributed by atoms with E-state index in [1.165, 1.54) is 26.3 Å². The molecule has 2 heterocycles. The van der Waals surface area contributed by atoms with Crippen molar-refractivity contribution in [2.45, 2.75) is 71.8 Å². The van der Waals surface area contributed by atoms with Crippen molar-refractivity contribution in [1.82, 2.24) is 10.3 Å². The third-order valence-electron chi connectivity index (χ3n) is 7.26. The molecule has 1 aromatic heterocycles. The van der Waals surface area contributed by atoms with Crippen molar-refractivity contribution in [3.8, 4) is 11.5 Å². The zero-order chi connectivity index (χ0) is 34.5. The van der Waals surface area contributed by atoms with Crippen molar-refractivity contribution < 1.29 is 57.1 Å². The lowest BCUT2D eigenvalue weighted by atomic mass is 9.91. The molecule has 14 nitrogen and oxygen atoms in total. The Morgan fingerprint density at radius 3 is 2.45 bits per heavy atom. The number of ether oxygens (including phenoxy) is 7. The molecule has 0 spiro atoms. The molecular formula is C33H42N2O12. The van der Waals surface area contributed by atoms with E-state index in [1.54, 1.807) is 26.0 Å². The minimum Gasteiger partial charge on any atom is -0.493 e. The van der Waals surface area contributed by atoms with Crippen molar-refractivity contribution in [3.05, 3.63) is 53.9 Å². The monoisotopic (exact) mass is 658 g/mol. The number of aromatic nitrogens is 1. The summed E-state index contributed by atoms with van der Waals surface area (Å²) in [5.74, 6) is -5.48. The van der Waals surface area contributed by atoms with Gasteiger partial charge in [-0.25, -0.2) is 14.6 Å². The Morgan fingerprint density at radius 2 is 1.79 bits per heavy atom. The summed E-state index contributed by atoms with van der Waals surface area (Å²) in [6, 6.07) is 9.00. The SMILES string of the molecule is CCC(C)OCC(=O)OCOc1c(OC)ccnc1C(=O)N[C@H]1COC(=O)[C@H](Cc2ccccc2)[C@@H](OC(=O)C(C)C)[C@H](C)OC1=O. The van der Waals surface area contributed by atoms with Gasteiger partial charge in [0.1, 0.15) is 25.2 Å². The van der Waals surface area contributed by atoms with Crippen LogP contribution in [0.5, 0.6) is 11.5 Å². The molecule has 2 aromatic rings. The molecule has 0 saturated carbocycles. The van der Waals surface area contributed by atoms with E-state index in [4.69, 9.17) is 33.2 Å². The largest absolute Gasteiger partial charge is 0.493 e. The molecule has 0 aliphatic carbocycles. The van der Waals surface area contributed by atoms with Crippen molar-refractivity contribution in [1.29, 1.82) is 0 Å². The fraction of sp³-hybridized carbons (Fsp3) is 0.515. The number of benzene rings is 1. The van der Waals surface area contributed by atoms with E-state index in [2.05, 4.69) is 10.3 Å². The maximum Gasteiger partial charge on any atom is 0.334 e. The number of carbonyl (C=O) groups excluding carboxylic acids is 5. The molecule has 1 N–H and O–H groups in total. The maximum absolute atomic E-state index is 13.5. The smallest absolute Gasteiger partial charge is 0.334 e. The summed E-state index contributed by atoms with van der Waals surface area (Å²) < 4.78 is 38.0. The Bertz CT molecular complexity index is 1380. The minimum absolute atomic E-state index is 0.0905. The van der Waals surface area contributed by atoms with Crippen molar-refractivity contribution in [3.63, 3.8) is 0 Å². The number of methoxy groups -OCH3 is 1. The molecule has 1 aliphatic heterocycles. The van der Waals surface area contributed by atoms with E-state index in [0.29, 0.717) is 6.42 Å². The van der Waals surface area contributed by atoms with Gasteiger partial charge in [-0.1, -0.05) is 51.1 Å². The molecular weight excluding hydrogens is 616 g/mol. The van der Waals surface area contributed by atoms with Gasteiger partial charge in [0.15, 0.2) is 29.3 Å². The van der Waals surface area contributed by atoms with Gasteiger partial charge in [-0.3, -0.25) is 14.4 Å². The van der Waals surface area contributed by atoms with Crippen LogP contribution >= 0.6 is 0 Å². The van der Waals surface area contributed by atoms with E-state index >= 15 is 0 Å². The van der Waals surface area contributed by atoms with Crippen LogP contribution in [0.1, 0.15) is 57.1 Å². The van der Waals surface area contributed by atoms with Crippen LogP contribution < -0.4 is 14.8 Å². The number of rotatable bonds is 14. The first kappa shape index (κ1) is 36.7. The zero-order valence-corrected chi connectivity index (χ0v) is 27.4. The average Bonchev–Trinajstić information content (AvgIpc) is 3.09. The number of nitrogens with zero attached hydrogens (tertiary/aromatic N) is 1. The lowest BCUT2D eigenvalue weighted by molar-refractivity contribution is -0.176. The molecule has 14 heteroatoms. The lowest BCUT2D eigenvalue weighted by Gasteiger charge is -2.29. The van der Waals surface area contributed by atoms with Crippen LogP contribution in [0.3, 0.4) is 0 Å². The summed E-state index contributed by atoms with van der Waals surface area (Å²) >= 11 is 0. The number of hydrogen-bond acceptors (Lipinski definition) is 13. The predicted molar refractivity (Wildman–Crippen MR) is 164 cm³/mol. The third kappa shape index (κ3) is 10.7. The molecule has 47 heavy (non-hydrogen) atoms. The Hall–Kier alpha value is -4.72. The Labute approximate surface area is 273 Å². The van der Waals surface area contributed by atoms with E-state index in [9.17, 15) is 24.0 Å². The van der Waals surface area contributed by atoms with Gasteiger partial charge in [0, 0.05) is 12.3 Å². The van der Waals surface area contributed by atoms with Gasteiger partial charge in [-0.05, 0) is 32.3 Å². The summed E-state index contributed by atoms with van der Waals surface area (Å²) in [4.78, 5) is 68.9. The zero-order valence-electron chi connectivity index (χ0n) is 27.4. The van der Waals surface area contributed by atoms with Gasteiger partial charge in [0.05, 0.1) is 19.1 Å². The topological polar surface area (TPSA) is 175 Å². The molecule has 256 valence electrons. The lowest BCUT2D eigenvalue weighted by Crippen LogP contribution is -2.47. The predicted octanol–water partition coefficient (Wildman–Crippen LogP) is 2.80. The average molecular weight is 659 g/mol. The molecule has 0 bridgehead atoms. The quantitative estimate of drug-likeness (QED) is 0.178. The van der Waals surface area contributed by atoms with E-state index in [-0.39, 0.29) is 36.3 Å². The highest BCUT2D eigenvalue weighted by molar-refractivity contribution is 5.98. The Kier molecular flexibility index (Phi) is 13.9. The Balaban J connectivity index is 1.79. The van der Waals surface area contributed by atoms with E-state index in [1.807, 2.05) is 32.0 Å². The molecule has 5 atom stereocenters. The first-order valence-corrected chi connectivity index (χ1v) is 15.3. The second kappa shape index (κ2) is 17.8. The van der Waals surface area contributed by atoms with Gasteiger partial charge < -0.3 is 38.5 Å². The molecule has 1 aromatic carbocycles. The normalized spacial score (nSPS) is 20.4. The van der Waals surface area contributed by atoms with Crippen LogP contribution in [-0.4, -0.2) is 86.2 Å². The third-order valence-corrected chi connectivity index (χ3v) is 7.26. The summed E-state index contributed by atoms with van der Waals surface area (Å²) in [6.07, 6.45) is -0.275. The molecule has 1 fully saturated rings. The van der Waals surface area contributed by atoms with Gasteiger partial charge in [0.25, 0.3) is 5.91 Å². The second-order valence-corrected chi connectivity index (χ2v) is 11.1. The van der Waals surface area contributed by atoms with Gasteiger partial charge >= 0.3 is 23.9 Å². The fourth-order valence-electron chi connectivity index (χ4n) is 4.39. The second-order valence-electron chi connectivity index (χ2n) is 11.1. The number of hydrogen-bond donors (Lipinski definition) is 1. The van der Waals surface area contributed by atoms with Gasteiger partial charge in [0.2, 0.25) is 6.79 Å². The van der Waals surface area contributed by atoms with Crippen molar-refractivity contribution in [2.75, 3.05) is 27.1 Å². The number of amides is 1. The van der Waals surface area contributed by atoms with Crippen molar-refractivity contribution in [2.24, 2.45) is 11.8 Å². The fourth-order valence-corrected chi connectivity index (χ4v) is 4.39. The van der Waals surface area contributed by atoms with Crippen LogP contribution in [0, 0.1) is 11.8 Å². The highest BCUT2D eigenvalue weighted by atomic mass is 16.7. The number of pyridine rings is 1. The van der Waals surface area contributed by atoms with Crippen molar-refractivity contribution >= 4 is 29.8 Å². The molecule has 1 aliphatic rings. The summed E-state index contributed by atoms with van der Waals surface area (Å²) in [5, 5.41) is 2.47. The summed E-state index contributed by atoms with van der Waals surface area (Å²) in [7, 11) is 1.33. The molecule has 1 saturated heterocycles. The van der Waals surface area contributed by atoms with Crippen LogP contribution in [0.25, 0.3) is 0 Å². The molecule has 3 rings (SSSR count). The standard InChI is InChI=1S/C33H42N2O12/c1-7-20(4)42-17-26(36)44-18-45-29-25(41-6)13-14-34-27(29)30(37)35-24-16-43-32(39)23(15-22-11-9-8-10-12-22)28(21(5)46-33(24)40)47-31(38)19(2)3/h8-14,19-21,23-24,28H,7,15-18H2,1-6H3,(H,35,37)/t20?,21-,23+,24-,28-/m0/s1. The van der Waals surface area contributed by atoms with Gasteiger partial charge in [-0.2, -0.15) is 0 Å². The maximum atomic E-state index is 13.5. The summed E-state index contributed by atoms with van der Waals surface area (Å²) in [6.45, 7) is 7.03. The highest BCUT2D eigenvalue weighted by Crippen LogP contribution is 2.30. The first-order chi connectivity index (χ1) is 22.4. The number of cyclic esters (lactones) is 2. The van der Waals surface area contributed by atoms with Crippen LogP contribution in [0.15, 0.2) is 42.6 Å². The molecule has 1 unspecified atom stereocenters. The number of carbonyl (C=O) groups is 5. The summed E-state index contributed by atoms with van der Waals surface area (Å²) in [5.41, 5.74) is 0.460.